The van der Waals surface area contributed by atoms with E-state index in [1.165, 1.54) is 24.3 Å². The highest BCUT2D eigenvalue weighted by Gasteiger charge is 2.32. The molecule has 1 aliphatic carbocycles. The van der Waals surface area contributed by atoms with Crippen LogP contribution in [0.25, 0.3) is 0 Å². The van der Waals surface area contributed by atoms with Crippen LogP contribution in [0.2, 0.25) is 0 Å². The summed E-state index contributed by atoms with van der Waals surface area (Å²) >= 11 is 0. The summed E-state index contributed by atoms with van der Waals surface area (Å²) in [5.74, 6) is 0.129. The monoisotopic (exact) mass is 263 g/mol. The smallest absolute Gasteiger partial charge is 0.269 e. The zero-order valence-electron chi connectivity index (χ0n) is 10.8. The van der Waals surface area contributed by atoms with Gasteiger partial charge in [0.1, 0.15) is 5.78 Å². The highest BCUT2D eigenvalue weighted by molar-refractivity contribution is 5.82. The molecule has 19 heavy (non-hydrogen) atoms. The van der Waals surface area contributed by atoms with Gasteiger partial charge in [-0.1, -0.05) is 6.92 Å². The third kappa shape index (κ3) is 2.98. The van der Waals surface area contributed by atoms with Gasteiger partial charge in [0.25, 0.3) is 5.69 Å². The minimum absolute atomic E-state index is 0.0145. The van der Waals surface area contributed by atoms with Gasteiger partial charge in [-0.3, -0.25) is 14.9 Å². The number of nitro benzene ring substituents is 1. The molecule has 3 atom stereocenters. The average Bonchev–Trinajstić information content (AvgIpc) is 2.41. The Morgan fingerprint density at radius 2 is 2.00 bits per heavy atom. The average molecular weight is 263 g/mol. The van der Waals surface area contributed by atoms with Gasteiger partial charge in [-0.05, 0) is 36.5 Å². The SMILES string of the molecule is C[C@H]1CCC(=O)[C@@H]([C@H](O)c2ccc([N+](=O)[O-])cc2)C1. The first-order valence-electron chi connectivity index (χ1n) is 6.44. The zero-order valence-corrected chi connectivity index (χ0v) is 10.8. The normalized spacial score (nSPS) is 25.1. The van der Waals surface area contributed by atoms with Gasteiger partial charge in [0.05, 0.1) is 11.0 Å². The molecular formula is C14H17NO4. The molecule has 1 fully saturated rings. The van der Waals surface area contributed by atoms with Crippen LogP contribution in [-0.2, 0) is 4.79 Å². The summed E-state index contributed by atoms with van der Waals surface area (Å²) in [7, 11) is 0. The number of hydrogen-bond acceptors (Lipinski definition) is 4. The van der Waals surface area contributed by atoms with Crippen LogP contribution in [0.1, 0.15) is 37.9 Å². The molecule has 1 aromatic rings. The molecule has 0 aliphatic heterocycles. The van der Waals surface area contributed by atoms with Crippen molar-refractivity contribution in [3.63, 3.8) is 0 Å². The number of rotatable bonds is 3. The van der Waals surface area contributed by atoms with Crippen LogP contribution < -0.4 is 0 Å². The highest BCUT2D eigenvalue weighted by atomic mass is 16.6. The fourth-order valence-electron chi connectivity index (χ4n) is 2.59. The second kappa shape index (κ2) is 5.48. The Hall–Kier alpha value is -1.75. The second-order valence-corrected chi connectivity index (χ2v) is 5.25. The molecule has 5 nitrogen and oxygen atoms in total. The van der Waals surface area contributed by atoms with Crippen molar-refractivity contribution in [3.8, 4) is 0 Å². The predicted molar refractivity (Wildman–Crippen MR) is 69.6 cm³/mol. The third-order valence-corrected chi connectivity index (χ3v) is 3.78. The van der Waals surface area contributed by atoms with E-state index in [0.29, 0.717) is 24.3 Å². The number of carbonyl (C=O) groups is 1. The minimum Gasteiger partial charge on any atom is -0.388 e. The van der Waals surface area contributed by atoms with E-state index in [9.17, 15) is 20.0 Å². The summed E-state index contributed by atoms with van der Waals surface area (Å²) in [5, 5.41) is 20.8. The largest absolute Gasteiger partial charge is 0.388 e. The number of ketones is 1. The lowest BCUT2D eigenvalue weighted by atomic mass is 9.77. The summed E-state index contributed by atoms with van der Waals surface area (Å²) in [6, 6.07) is 5.76. The summed E-state index contributed by atoms with van der Waals surface area (Å²) in [4.78, 5) is 21.9. The molecule has 0 amide bonds. The molecule has 0 unspecified atom stereocenters. The molecule has 2 rings (SSSR count). The van der Waals surface area contributed by atoms with Crippen LogP contribution in [0.15, 0.2) is 24.3 Å². The van der Waals surface area contributed by atoms with Crippen molar-refractivity contribution >= 4 is 11.5 Å². The molecule has 5 heteroatoms. The molecule has 1 saturated carbocycles. The molecule has 0 radical (unpaired) electrons. The number of carbonyl (C=O) groups excluding carboxylic acids is 1. The molecular weight excluding hydrogens is 246 g/mol. The van der Waals surface area contributed by atoms with E-state index < -0.39 is 11.0 Å². The van der Waals surface area contributed by atoms with E-state index in [-0.39, 0.29) is 17.4 Å². The Kier molecular flexibility index (Phi) is 3.95. The molecule has 102 valence electrons. The molecule has 0 spiro atoms. The van der Waals surface area contributed by atoms with Crippen LogP contribution in [0.4, 0.5) is 5.69 Å². The number of benzene rings is 1. The number of nitrogens with zero attached hydrogens (tertiary/aromatic N) is 1. The first kappa shape index (κ1) is 13.7. The van der Waals surface area contributed by atoms with E-state index in [0.717, 1.165) is 6.42 Å². The number of hydrogen-bond donors (Lipinski definition) is 1. The zero-order chi connectivity index (χ0) is 14.0. The van der Waals surface area contributed by atoms with Crippen LogP contribution in [0.5, 0.6) is 0 Å². The van der Waals surface area contributed by atoms with Crippen LogP contribution in [0.3, 0.4) is 0 Å². The van der Waals surface area contributed by atoms with Crippen molar-refractivity contribution in [2.45, 2.75) is 32.3 Å². The molecule has 0 saturated heterocycles. The summed E-state index contributed by atoms with van der Waals surface area (Å²) in [6.45, 7) is 2.07. The van der Waals surface area contributed by atoms with Gasteiger partial charge in [0.15, 0.2) is 0 Å². The quantitative estimate of drug-likeness (QED) is 0.671. The van der Waals surface area contributed by atoms with Crippen molar-refractivity contribution in [1.82, 2.24) is 0 Å². The first-order chi connectivity index (χ1) is 8.99. The summed E-state index contributed by atoms with van der Waals surface area (Å²) in [5.41, 5.74) is 0.553. The lowest BCUT2D eigenvalue weighted by molar-refractivity contribution is -0.384. The Labute approximate surface area is 111 Å². The summed E-state index contributed by atoms with van der Waals surface area (Å²) in [6.07, 6.45) is 1.20. The van der Waals surface area contributed by atoms with Gasteiger partial charge >= 0.3 is 0 Å². The lowest BCUT2D eigenvalue weighted by Gasteiger charge is -2.29. The van der Waals surface area contributed by atoms with E-state index in [2.05, 4.69) is 6.92 Å². The van der Waals surface area contributed by atoms with Crippen LogP contribution >= 0.6 is 0 Å². The van der Waals surface area contributed by atoms with Crippen LogP contribution in [-0.4, -0.2) is 15.8 Å². The van der Waals surface area contributed by atoms with Crippen molar-refractivity contribution in [2.75, 3.05) is 0 Å². The molecule has 0 heterocycles. The molecule has 0 bridgehead atoms. The van der Waals surface area contributed by atoms with Gasteiger partial charge in [0.2, 0.25) is 0 Å². The van der Waals surface area contributed by atoms with Gasteiger partial charge in [-0.15, -0.1) is 0 Å². The van der Waals surface area contributed by atoms with E-state index >= 15 is 0 Å². The van der Waals surface area contributed by atoms with E-state index in [1.807, 2.05) is 0 Å². The van der Waals surface area contributed by atoms with Crippen molar-refractivity contribution in [2.24, 2.45) is 11.8 Å². The van der Waals surface area contributed by atoms with E-state index in [4.69, 9.17) is 0 Å². The number of aliphatic hydroxyl groups is 1. The lowest BCUT2D eigenvalue weighted by Crippen LogP contribution is -2.29. The second-order valence-electron chi connectivity index (χ2n) is 5.25. The minimum atomic E-state index is -0.865. The van der Waals surface area contributed by atoms with Crippen molar-refractivity contribution in [1.29, 1.82) is 0 Å². The fourth-order valence-corrected chi connectivity index (χ4v) is 2.59. The molecule has 1 N–H and O–H groups in total. The van der Waals surface area contributed by atoms with Gasteiger partial charge in [-0.25, -0.2) is 0 Å². The van der Waals surface area contributed by atoms with Crippen molar-refractivity contribution < 1.29 is 14.8 Å². The highest BCUT2D eigenvalue weighted by Crippen LogP contribution is 2.35. The molecule has 1 aliphatic rings. The van der Waals surface area contributed by atoms with Gasteiger partial charge < -0.3 is 5.11 Å². The molecule has 0 aromatic heterocycles. The standard InChI is InChI=1S/C14H17NO4/c1-9-2-7-13(16)12(8-9)14(17)10-3-5-11(6-4-10)15(18)19/h3-6,9,12,14,17H,2,7-8H2,1H3/t9-,12-,14+/m0/s1. The summed E-state index contributed by atoms with van der Waals surface area (Å²) < 4.78 is 0. The maximum atomic E-state index is 11.9. The number of nitro groups is 1. The molecule has 1 aromatic carbocycles. The fraction of sp³-hybridized carbons (Fsp3) is 0.500. The Morgan fingerprint density at radius 3 is 2.58 bits per heavy atom. The van der Waals surface area contributed by atoms with Crippen molar-refractivity contribution in [3.05, 3.63) is 39.9 Å². The number of aliphatic hydroxyl groups excluding tert-OH is 1. The van der Waals surface area contributed by atoms with E-state index in [1.54, 1.807) is 0 Å². The number of non-ortho nitro benzene ring substituents is 1. The third-order valence-electron chi connectivity index (χ3n) is 3.78. The maximum Gasteiger partial charge on any atom is 0.269 e. The Bertz CT molecular complexity index is 483. The number of Topliss-reactive ketones (excluding diaryl/α,β-unsaturated/α-hetero) is 1. The van der Waals surface area contributed by atoms with Gasteiger partial charge in [-0.2, -0.15) is 0 Å². The van der Waals surface area contributed by atoms with Crippen LogP contribution in [0, 0.1) is 22.0 Å². The topological polar surface area (TPSA) is 80.4 Å². The van der Waals surface area contributed by atoms with Gasteiger partial charge in [0, 0.05) is 24.5 Å². The predicted octanol–water partition coefficient (Wildman–Crippen LogP) is 2.63. The Balaban J connectivity index is 2.16. The maximum absolute atomic E-state index is 11.9. The first-order valence-corrected chi connectivity index (χ1v) is 6.44. The Morgan fingerprint density at radius 1 is 1.37 bits per heavy atom.